The first-order valence-corrected chi connectivity index (χ1v) is 15.3. The van der Waals surface area contributed by atoms with Crippen LogP contribution < -0.4 is 4.57 Å². The molecule has 2 nitrogen and oxygen atoms in total. The summed E-state index contributed by atoms with van der Waals surface area (Å²) >= 11 is 0. The van der Waals surface area contributed by atoms with Crippen LogP contribution in [-0.4, -0.2) is 4.98 Å². The van der Waals surface area contributed by atoms with E-state index in [0.29, 0.717) is 12.0 Å². The summed E-state index contributed by atoms with van der Waals surface area (Å²) in [6.45, 7) is 9.38. The number of hydrogen-bond acceptors (Lipinski definition) is 0. The van der Waals surface area contributed by atoms with Gasteiger partial charge in [-0.05, 0) is 32.6 Å². The van der Waals surface area contributed by atoms with Crippen molar-refractivity contribution in [2.45, 2.75) is 181 Å². The number of aromatic nitrogens is 2. The van der Waals surface area contributed by atoms with Crippen LogP contribution in [0.15, 0.2) is 12.4 Å². The maximum Gasteiger partial charge on any atom is 0.257 e. The van der Waals surface area contributed by atoms with E-state index >= 15 is 0 Å². The lowest BCUT2D eigenvalue weighted by Crippen LogP contribution is -2.41. The van der Waals surface area contributed by atoms with Gasteiger partial charge in [-0.2, -0.15) is 0 Å². The van der Waals surface area contributed by atoms with Gasteiger partial charge in [0.1, 0.15) is 12.4 Å². The second-order valence-electron chi connectivity index (χ2n) is 10.8. The van der Waals surface area contributed by atoms with Crippen LogP contribution in [0.25, 0.3) is 0 Å². The second kappa shape index (κ2) is 21.7. The molecule has 0 aromatic carbocycles. The van der Waals surface area contributed by atoms with Crippen molar-refractivity contribution < 1.29 is 4.57 Å². The topological polar surface area (TPSA) is 19.7 Å². The van der Waals surface area contributed by atoms with E-state index in [-0.39, 0.29) is 0 Å². The predicted molar refractivity (Wildman–Crippen MR) is 147 cm³/mol. The molecular weight excluding hydrogens is 400 g/mol. The summed E-state index contributed by atoms with van der Waals surface area (Å²) in [5.74, 6) is 2.23. The molecule has 0 amide bonds. The van der Waals surface area contributed by atoms with Gasteiger partial charge in [0, 0.05) is 0 Å². The molecule has 0 aliphatic carbocycles. The normalized spacial score (nSPS) is 12.6. The first-order chi connectivity index (χ1) is 16.2. The maximum atomic E-state index is 3.69. The average molecular weight is 462 g/mol. The van der Waals surface area contributed by atoms with E-state index in [0.717, 1.165) is 0 Å². The molecule has 2 heteroatoms. The van der Waals surface area contributed by atoms with Gasteiger partial charge in [-0.3, -0.25) is 0 Å². The molecule has 0 radical (unpaired) electrons. The molecule has 1 aromatic heterocycles. The van der Waals surface area contributed by atoms with Crippen molar-refractivity contribution in [3.05, 3.63) is 18.2 Å². The van der Waals surface area contributed by atoms with Crippen molar-refractivity contribution in [1.82, 2.24) is 4.98 Å². The van der Waals surface area contributed by atoms with Crippen LogP contribution in [0.3, 0.4) is 0 Å². The summed E-state index contributed by atoms with van der Waals surface area (Å²) in [4.78, 5) is 3.69. The molecule has 1 rings (SSSR count). The van der Waals surface area contributed by atoms with Crippen LogP contribution in [0.1, 0.15) is 187 Å². The molecule has 0 aliphatic heterocycles. The van der Waals surface area contributed by atoms with E-state index in [9.17, 15) is 0 Å². The molecule has 0 saturated heterocycles. The van der Waals surface area contributed by atoms with Crippen LogP contribution in [0.5, 0.6) is 0 Å². The maximum absolute atomic E-state index is 3.69. The fourth-order valence-electron chi connectivity index (χ4n) is 5.37. The third-order valence-electron chi connectivity index (χ3n) is 7.64. The first-order valence-electron chi connectivity index (χ1n) is 15.3. The van der Waals surface area contributed by atoms with Gasteiger partial charge in [-0.25, -0.2) is 9.55 Å². The van der Waals surface area contributed by atoms with Crippen LogP contribution in [0.4, 0.5) is 0 Å². The highest BCUT2D eigenvalue weighted by molar-refractivity contribution is 4.90. The van der Waals surface area contributed by atoms with Crippen molar-refractivity contribution in [3.63, 3.8) is 0 Å². The van der Waals surface area contributed by atoms with Crippen molar-refractivity contribution >= 4 is 0 Å². The van der Waals surface area contributed by atoms with Gasteiger partial charge in [0.2, 0.25) is 0 Å². The quantitative estimate of drug-likeness (QED) is 0.117. The Bertz CT molecular complexity index is 507. The highest BCUT2D eigenvalue weighted by Crippen LogP contribution is 2.27. The smallest absolute Gasteiger partial charge is 0.247 e. The number of nitrogens with one attached hydrogen (secondary N) is 1. The molecule has 0 spiro atoms. The minimum absolute atomic E-state index is 0.624. The molecule has 33 heavy (non-hydrogen) atoms. The SMILES string of the molecule is CCCCCCCCCCCC(C)[n+]1cc[nH]c1C(CCCCCCC)CCCCCCC. The lowest BCUT2D eigenvalue weighted by Gasteiger charge is -2.17. The summed E-state index contributed by atoms with van der Waals surface area (Å²) in [5, 5.41) is 0. The number of imidazole rings is 1. The van der Waals surface area contributed by atoms with Gasteiger partial charge < -0.3 is 0 Å². The summed E-state index contributed by atoms with van der Waals surface area (Å²) in [6.07, 6.45) is 35.3. The average Bonchev–Trinajstić information content (AvgIpc) is 3.31. The number of aromatic amines is 1. The van der Waals surface area contributed by atoms with Crippen molar-refractivity contribution in [2.24, 2.45) is 0 Å². The summed E-state index contributed by atoms with van der Waals surface area (Å²) in [7, 11) is 0. The van der Waals surface area contributed by atoms with Gasteiger partial charge >= 0.3 is 0 Å². The van der Waals surface area contributed by atoms with E-state index < -0.39 is 0 Å². The van der Waals surface area contributed by atoms with Crippen LogP contribution in [0.2, 0.25) is 0 Å². The molecule has 194 valence electrons. The Hall–Kier alpha value is -0.790. The Morgan fingerprint density at radius 2 is 0.970 bits per heavy atom. The van der Waals surface area contributed by atoms with Gasteiger partial charge in [0.25, 0.3) is 5.82 Å². The fraction of sp³-hybridized carbons (Fsp3) is 0.903. The van der Waals surface area contributed by atoms with Crippen molar-refractivity contribution in [1.29, 1.82) is 0 Å². The summed E-state index contributed by atoms with van der Waals surface area (Å²) in [5.41, 5.74) is 0. The Balaban J connectivity index is 2.46. The molecule has 0 fully saturated rings. The van der Waals surface area contributed by atoms with Gasteiger partial charge in [-0.15, -0.1) is 0 Å². The standard InChI is InChI=1S/C31H60N2/c1-5-8-11-14-15-16-17-20-21-24-29(4)33-28-27-32-31(33)30(25-22-18-12-9-6-2)26-23-19-13-10-7-3/h27-30H,5-26H2,1-4H3/p+1. The largest absolute Gasteiger partial charge is 0.257 e. The Morgan fingerprint density at radius 1 is 0.576 bits per heavy atom. The van der Waals surface area contributed by atoms with E-state index in [1.807, 2.05) is 0 Å². The van der Waals surface area contributed by atoms with Crippen molar-refractivity contribution in [2.75, 3.05) is 0 Å². The van der Waals surface area contributed by atoms with E-state index in [4.69, 9.17) is 0 Å². The molecule has 0 aliphatic rings. The van der Waals surface area contributed by atoms with Gasteiger partial charge in [0.05, 0.1) is 12.0 Å². The third kappa shape index (κ3) is 14.9. The molecule has 1 unspecified atom stereocenters. The van der Waals surface area contributed by atoms with Crippen LogP contribution in [-0.2, 0) is 0 Å². The van der Waals surface area contributed by atoms with Gasteiger partial charge in [0.15, 0.2) is 0 Å². The number of H-pyrrole nitrogens is 1. The highest BCUT2D eigenvalue weighted by atomic mass is 15.1. The van der Waals surface area contributed by atoms with E-state index in [2.05, 4.69) is 49.6 Å². The molecule has 0 saturated carbocycles. The molecular formula is C31H61N2+. The number of rotatable bonds is 24. The number of unbranched alkanes of at least 4 members (excludes halogenated alkanes) is 16. The highest BCUT2D eigenvalue weighted by Gasteiger charge is 2.25. The first kappa shape index (κ1) is 30.2. The summed E-state index contributed by atoms with van der Waals surface area (Å²) in [6, 6.07) is 0.624. The zero-order valence-electron chi connectivity index (χ0n) is 23.3. The van der Waals surface area contributed by atoms with Crippen LogP contribution >= 0.6 is 0 Å². The lowest BCUT2D eigenvalue weighted by molar-refractivity contribution is -0.727. The molecule has 1 N–H and O–H groups in total. The number of nitrogens with zero attached hydrogens (tertiary/aromatic N) is 1. The molecule has 1 aromatic rings. The Morgan fingerprint density at radius 3 is 1.42 bits per heavy atom. The molecule has 0 bridgehead atoms. The monoisotopic (exact) mass is 461 g/mol. The minimum atomic E-state index is 0.624. The summed E-state index contributed by atoms with van der Waals surface area (Å²) < 4.78 is 2.60. The zero-order chi connectivity index (χ0) is 24.0. The van der Waals surface area contributed by atoms with Gasteiger partial charge in [-0.1, -0.05) is 136 Å². The molecule has 1 heterocycles. The Labute approximate surface area is 208 Å². The predicted octanol–water partition coefficient (Wildman–Crippen LogP) is 10.6. The second-order valence-corrected chi connectivity index (χ2v) is 10.8. The van der Waals surface area contributed by atoms with Crippen molar-refractivity contribution in [3.8, 4) is 0 Å². The number of hydrogen-bond donors (Lipinski definition) is 1. The molecule has 1 atom stereocenters. The Kier molecular flexibility index (Phi) is 19.9. The lowest BCUT2D eigenvalue weighted by atomic mass is 9.93. The fourth-order valence-corrected chi connectivity index (χ4v) is 5.37. The minimum Gasteiger partial charge on any atom is -0.247 e. The zero-order valence-corrected chi connectivity index (χ0v) is 23.3. The van der Waals surface area contributed by atoms with E-state index in [1.165, 1.54) is 147 Å². The van der Waals surface area contributed by atoms with Crippen LogP contribution in [0, 0.1) is 0 Å². The van der Waals surface area contributed by atoms with E-state index in [1.54, 1.807) is 0 Å². The third-order valence-corrected chi connectivity index (χ3v) is 7.64.